The Labute approximate surface area is 138 Å². The number of benzene rings is 2. The Morgan fingerprint density at radius 1 is 1.00 bits per heavy atom. The van der Waals surface area contributed by atoms with Crippen LogP contribution in [-0.2, 0) is 9.05 Å². The van der Waals surface area contributed by atoms with Gasteiger partial charge in [0.15, 0.2) is 8.38 Å². The normalized spacial score (nSPS) is 12.4. The lowest BCUT2D eigenvalue weighted by molar-refractivity contribution is 0.265. The average Bonchev–Trinajstić information content (AvgIpc) is 2.57. The summed E-state index contributed by atoms with van der Waals surface area (Å²) in [4.78, 5) is 0. The van der Waals surface area contributed by atoms with Gasteiger partial charge < -0.3 is 14.4 Å². The first-order chi connectivity index (χ1) is 11.2. The zero-order valence-electron chi connectivity index (χ0n) is 13.8. The van der Waals surface area contributed by atoms with E-state index in [1.165, 1.54) is 12.1 Å². The third-order valence-corrected chi connectivity index (χ3v) is 5.46. The number of halogens is 1. The summed E-state index contributed by atoms with van der Waals surface area (Å²) >= 11 is 0. The average molecular weight is 335 g/mol. The summed E-state index contributed by atoms with van der Waals surface area (Å²) in [6, 6.07) is 14.6. The summed E-state index contributed by atoms with van der Waals surface area (Å²) in [5.41, 5.74) is 3.03. The topological polar surface area (TPSA) is 30.5 Å². The molecule has 0 aliphatic heterocycles. The summed E-state index contributed by atoms with van der Waals surface area (Å²) < 4.78 is 25.1. The monoisotopic (exact) mass is 335 g/mol. The lowest BCUT2D eigenvalue weighted by Crippen LogP contribution is -2.07. The zero-order valence-corrected chi connectivity index (χ0v) is 14.6. The Morgan fingerprint density at radius 3 is 2.17 bits per heavy atom. The lowest BCUT2D eigenvalue weighted by Gasteiger charge is -2.28. The van der Waals surface area contributed by atoms with Crippen LogP contribution in [0.2, 0.25) is 0 Å². The molecule has 23 heavy (non-hydrogen) atoms. The highest BCUT2D eigenvalue weighted by Crippen LogP contribution is 2.57. The van der Waals surface area contributed by atoms with Crippen molar-refractivity contribution in [3.63, 3.8) is 0 Å². The van der Waals surface area contributed by atoms with Gasteiger partial charge in [0.05, 0.1) is 18.9 Å². The van der Waals surface area contributed by atoms with E-state index in [2.05, 4.69) is 11.4 Å². The van der Waals surface area contributed by atoms with Crippen molar-refractivity contribution >= 4 is 14.1 Å². The maximum Gasteiger partial charge on any atom is 0.183 e. The minimum Gasteiger partial charge on any atom is -0.388 e. The highest BCUT2D eigenvalue weighted by atomic mass is 31.2. The van der Waals surface area contributed by atoms with E-state index >= 15 is 0 Å². The quantitative estimate of drug-likeness (QED) is 0.660. The Hall–Kier alpha value is -1.48. The number of hydrogen-bond acceptors (Lipinski definition) is 3. The number of para-hydroxylation sites is 1. The molecular weight excluding hydrogens is 312 g/mol. The van der Waals surface area contributed by atoms with E-state index in [0.29, 0.717) is 13.2 Å². The second-order valence-corrected chi connectivity index (χ2v) is 6.52. The first kappa shape index (κ1) is 17.9. The van der Waals surface area contributed by atoms with Crippen molar-refractivity contribution in [3.05, 3.63) is 65.5 Å². The second-order valence-electron chi connectivity index (χ2n) is 4.91. The highest BCUT2D eigenvalue weighted by Gasteiger charge is 2.29. The summed E-state index contributed by atoms with van der Waals surface area (Å²) in [5.74, 6) is -0.244. The molecule has 0 saturated carbocycles. The van der Waals surface area contributed by atoms with Crippen LogP contribution in [0.5, 0.6) is 0 Å². The van der Waals surface area contributed by atoms with E-state index in [1.807, 2.05) is 39.1 Å². The van der Waals surface area contributed by atoms with Gasteiger partial charge in [-0.25, -0.2) is 4.39 Å². The van der Waals surface area contributed by atoms with Crippen LogP contribution in [-0.4, -0.2) is 20.3 Å². The molecule has 1 N–H and O–H groups in total. The molecule has 0 aromatic heterocycles. The molecule has 0 aliphatic rings. The van der Waals surface area contributed by atoms with Crippen LogP contribution in [0.25, 0.3) is 0 Å². The molecule has 5 heteroatoms. The number of anilines is 1. The fourth-order valence-corrected chi connectivity index (χ4v) is 4.21. The van der Waals surface area contributed by atoms with Gasteiger partial charge in [-0.2, -0.15) is 0 Å². The van der Waals surface area contributed by atoms with Crippen molar-refractivity contribution < 1.29 is 13.4 Å². The molecule has 0 bridgehead atoms. The molecule has 1 unspecified atom stereocenters. The molecule has 1 atom stereocenters. The summed E-state index contributed by atoms with van der Waals surface area (Å²) in [6.45, 7) is 5.07. The van der Waals surface area contributed by atoms with Crippen LogP contribution >= 0.6 is 8.38 Å². The largest absolute Gasteiger partial charge is 0.388 e. The number of rotatable bonds is 8. The Balaban J connectivity index is 2.51. The zero-order chi connectivity index (χ0) is 16.7. The van der Waals surface area contributed by atoms with E-state index in [9.17, 15) is 4.39 Å². The van der Waals surface area contributed by atoms with E-state index in [1.54, 1.807) is 12.1 Å². The smallest absolute Gasteiger partial charge is 0.183 e. The van der Waals surface area contributed by atoms with Crippen LogP contribution in [0.3, 0.4) is 0 Å². The Kier molecular flexibility index (Phi) is 6.97. The summed E-state index contributed by atoms with van der Waals surface area (Å²) in [6.07, 6.45) is 0. The van der Waals surface area contributed by atoms with E-state index < -0.39 is 8.38 Å². The van der Waals surface area contributed by atoms with Crippen molar-refractivity contribution in [1.82, 2.24) is 0 Å². The van der Waals surface area contributed by atoms with Crippen molar-refractivity contribution in [1.29, 1.82) is 0 Å². The van der Waals surface area contributed by atoms with Gasteiger partial charge >= 0.3 is 0 Å². The second kappa shape index (κ2) is 8.97. The number of nitrogens with one attached hydrogen (secondary N) is 1. The van der Waals surface area contributed by atoms with Gasteiger partial charge in [0.1, 0.15) is 5.82 Å². The van der Waals surface area contributed by atoms with Gasteiger partial charge in [0.25, 0.3) is 0 Å². The Bertz CT molecular complexity index is 600. The predicted octanol–water partition coefficient (Wildman–Crippen LogP) is 5.34. The first-order valence-electron chi connectivity index (χ1n) is 7.78. The molecule has 0 spiro atoms. The van der Waals surface area contributed by atoms with Gasteiger partial charge in [-0.15, -0.1) is 0 Å². The minimum absolute atomic E-state index is 0.0749. The molecule has 0 amide bonds. The fourth-order valence-electron chi connectivity index (χ4n) is 2.46. The van der Waals surface area contributed by atoms with Crippen LogP contribution in [0.15, 0.2) is 48.5 Å². The van der Waals surface area contributed by atoms with Crippen LogP contribution in [0.4, 0.5) is 10.1 Å². The highest BCUT2D eigenvalue weighted by molar-refractivity contribution is 7.48. The number of hydrogen-bond donors (Lipinski definition) is 1. The molecule has 0 saturated heterocycles. The van der Waals surface area contributed by atoms with Crippen LogP contribution in [0.1, 0.15) is 30.6 Å². The van der Waals surface area contributed by atoms with Crippen molar-refractivity contribution in [2.75, 3.05) is 25.6 Å². The van der Waals surface area contributed by atoms with Gasteiger partial charge in [0.2, 0.25) is 0 Å². The SMILES string of the molecule is CCOP(OCC)C(c1ccc(F)cc1)c1ccccc1NC. The Morgan fingerprint density at radius 2 is 1.61 bits per heavy atom. The standard InChI is InChI=1S/C18H23FNO2P/c1-4-21-23(22-5-2)18(14-10-12-15(19)13-11-14)16-8-6-7-9-17(16)20-3/h6-13,18,20H,4-5H2,1-3H3. The fraction of sp³-hybridized carbons (Fsp3) is 0.333. The molecule has 2 aromatic carbocycles. The van der Waals surface area contributed by atoms with Crippen molar-refractivity contribution in [3.8, 4) is 0 Å². The third kappa shape index (κ3) is 4.51. The maximum atomic E-state index is 13.3. The van der Waals surface area contributed by atoms with Crippen LogP contribution in [0, 0.1) is 5.82 Å². The molecule has 0 fully saturated rings. The van der Waals surface area contributed by atoms with Gasteiger partial charge in [0, 0.05) is 12.7 Å². The van der Waals surface area contributed by atoms with Gasteiger partial charge in [-0.3, -0.25) is 0 Å². The molecule has 2 aromatic rings. The molecule has 0 radical (unpaired) electrons. The predicted molar refractivity (Wildman–Crippen MR) is 94.4 cm³/mol. The first-order valence-corrected chi connectivity index (χ1v) is 9.03. The maximum absolute atomic E-state index is 13.3. The molecule has 0 heterocycles. The lowest BCUT2D eigenvalue weighted by atomic mass is 10.0. The van der Waals surface area contributed by atoms with Crippen molar-refractivity contribution in [2.24, 2.45) is 0 Å². The minimum atomic E-state index is -1.17. The van der Waals surface area contributed by atoms with Gasteiger partial charge in [-0.1, -0.05) is 30.3 Å². The molecule has 0 aliphatic carbocycles. The summed E-state index contributed by atoms with van der Waals surface area (Å²) in [7, 11) is 0.722. The van der Waals surface area contributed by atoms with E-state index in [-0.39, 0.29) is 11.5 Å². The molecular formula is C18H23FNO2P. The molecule has 2 rings (SSSR count). The molecule has 3 nitrogen and oxygen atoms in total. The van der Waals surface area contributed by atoms with Crippen LogP contribution < -0.4 is 5.32 Å². The molecule has 124 valence electrons. The van der Waals surface area contributed by atoms with E-state index in [4.69, 9.17) is 9.05 Å². The third-order valence-electron chi connectivity index (χ3n) is 3.43. The van der Waals surface area contributed by atoms with E-state index in [0.717, 1.165) is 16.8 Å². The van der Waals surface area contributed by atoms with Gasteiger partial charge in [-0.05, 0) is 43.2 Å². The van der Waals surface area contributed by atoms with Crippen molar-refractivity contribution in [2.45, 2.75) is 19.5 Å². The summed E-state index contributed by atoms with van der Waals surface area (Å²) in [5, 5.41) is 3.22.